The van der Waals surface area contributed by atoms with E-state index in [4.69, 9.17) is 0 Å². The second-order valence-electron chi connectivity index (χ2n) is 8.48. The topological polar surface area (TPSA) is 86.7 Å². The van der Waals surface area contributed by atoms with E-state index < -0.39 is 16.0 Å². The number of carbonyl (C=O) groups is 1. The molecule has 0 saturated carbocycles. The van der Waals surface area contributed by atoms with Gasteiger partial charge in [0.1, 0.15) is 4.88 Å². The standard InChI is InChI=1S/C23H26N2O4S2/c1-23(2,3)16-8-11-20(18(14-16)15-6-9-17(10-7-15)25(4)5)31(28,29)24-19-12-13-30-21(19)22(26)27/h6-14,24H,1-5H3,(H,26,27). The first kappa shape index (κ1) is 22.8. The van der Waals surface area contributed by atoms with Crippen LogP contribution in [0.1, 0.15) is 36.0 Å². The lowest BCUT2D eigenvalue weighted by Crippen LogP contribution is -2.17. The van der Waals surface area contributed by atoms with Gasteiger partial charge in [-0.05, 0) is 52.3 Å². The van der Waals surface area contributed by atoms with E-state index in [1.807, 2.05) is 49.3 Å². The molecule has 2 aromatic carbocycles. The molecule has 1 heterocycles. The van der Waals surface area contributed by atoms with E-state index in [0.717, 1.165) is 28.2 Å². The maximum absolute atomic E-state index is 13.3. The number of sulfonamides is 1. The van der Waals surface area contributed by atoms with Crippen molar-refractivity contribution in [1.29, 1.82) is 0 Å². The summed E-state index contributed by atoms with van der Waals surface area (Å²) >= 11 is 0.973. The Bertz CT molecular complexity index is 1210. The fraction of sp³-hybridized carbons (Fsp3) is 0.261. The fourth-order valence-electron chi connectivity index (χ4n) is 3.15. The van der Waals surface area contributed by atoms with Crippen LogP contribution >= 0.6 is 11.3 Å². The smallest absolute Gasteiger partial charge is 0.348 e. The first-order valence-corrected chi connectivity index (χ1v) is 12.0. The lowest BCUT2D eigenvalue weighted by molar-refractivity contribution is 0.0703. The van der Waals surface area contributed by atoms with E-state index in [9.17, 15) is 18.3 Å². The van der Waals surface area contributed by atoms with E-state index in [2.05, 4.69) is 25.5 Å². The summed E-state index contributed by atoms with van der Waals surface area (Å²) in [5, 5.41) is 10.9. The summed E-state index contributed by atoms with van der Waals surface area (Å²) < 4.78 is 29.1. The van der Waals surface area contributed by atoms with Crippen LogP contribution in [0.3, 0.4) is 0 Å². The zero-order valence-electron chi connectivity index (χ0n) is 18.1. The SMILES string of the molecule is CN(C)c1ccc(-c2cc(C(C)(C)C)ccc2S(=O)(=O)Nc2ccsc2C(=O)O)cc1. The summed E-state index contributed by atoms with van der Waals surface area (Å²) in [5.74, 6) is -1.17. The number of nitrogens with one attached hydrogen (secondary N) is 1. The van der Waals surface area contributed by atoms with Crippen molar-refractivity contribution in [2.75, 3.05) is 23.7 Å². The molecule has 0 bridgehead atoms. The average molecular weight is 459 g/mol. The van der Waals surface area contributed by atoms with Crippen molar-refractivity contribution in [3.8, 4) is 11.1 Å². The maximum atomic E-state index is 13.3. The molecule has 3 aromatic rings. The van der Waals surface area contributed by atoms with Gasteiger partial charge in [0, 0.05) is 25.3 Å². The van der Waals surface area contributed by atoms with Crippen molar-refractivity contribution in [2.45, 2.75) is 31.1 Å². The second-order valence-corrected chi connectivity index (χ2v) is 11.0. The molecule has 0 radical (unpaired) electrons. The van der Waals surface area contributed by atoms with Crippen LogP contribution in [-0.4, -0.2) is 33.6 Å². The molecule has 164 valence electrons. The predicted octanol–water partition coefficient (Wildman–Crippen LogP) is 5.28. The largest absolute Gasteiger partial charge is 0.477 e. The summed E-state index contributed by atoms with van der Waals surface area (Å²) in [6.45, 7) is 6.20. The number of hydrogen-bond acceptors (Lipinski definition) is 5. The first-order chi connectivity index (χ1) is 14.4. The van der Waals surface area contributed by atoms with Crippen LogP contribution in [0.2, 0.25) is 0 Å². The monoisotopic (exact) mass is 458 g/mol. The summed E-state index contributed by atoms with van der Waals surface area (Å²) in [4.78, 5) is 13.4. The van der Waals surface area contributed by atoms with Crippen LogP contribution in [0, 0.1) is 0 Å². The van der Waals surface area contributed by atoms with Gasteiger partial charge in [0.2, 0.25) is 0 Å². The minimum Gasteiger partial charge on any atom is -0.477 e. The summed E-state index contributed by atoms with van der Waals surface area (Å²) in [6.07, 6.45) is 0. The molecular formula is C23H26N2O4S2. The van der Waals surface area contributed by atoms with Crippen molar-refractivity contribution < 1.29 is 18.3 Å². The Morgan fingerprint density at radius 3 is 2.23 bits per heavy atom. The fourth-order valence-corrected chi connectivity index (χ4v) is 5.19. The molecule has 0 aliphatic rings. The molecule has 6 nitrogen and oxygen atoms in total. The van der Waals surface area contributed by atoms with Crippen molar-refractivity contribution in [1.82, 2.24) is 0 Å². The van der Waals surface area contributed by atoms with Crippen LogP contribution in [0.15, 0.2) is 58.8 Å². The molecular weight excluding hydrogens is 432 g/mol. The molecule has 0 aliphatic carbocycles. The number of hydrogen-bond donors (Lipinski definition) is 2. The molecule has 0 saturated heterocycles. The minimum atomic E-state index is -4.02. The Kier molecular flexibility index (Phi) is 6.16. The quantitative estimate of drug-likeness (QED) is 0.525. The third-order valence-electron chi connectivity index (χ3n) is 4.93. The van der Waals surface area contributed by atoms with Gasteiger partial charge in [-0.2, -0.15) is 0 Å². The zero-order chi connectivity index (χ0) is 23.0. The Morgan fingerprint density at radius 1 is 1.03 bits per heavy atom. The van der Waals surface area contributed by atoms with E-state index in [0.29, 0.717) is 5.56 Å². The molecule has 0 spiro atoms. The second kappa shape index (κ2) is 8.36. The van der Waals surface area contributed by atoms with Gasteiger partial charge in [-0.1, -0.05) is 39.0 Å². The molecule has 3 rings (SSSR count). The number of carboxylic acids is 1. The number of benzene rings is 2. The molecule has 0 atom stereocenters. The number of anilines is 2. The normalized spacial score (nSPS) is 11.9. The highest BCUT2D eigenvalue weighted by molar-refractivity contribution is 7.92. The molecule has 31 heavy (non-hydrogen) atoms. The number of carboxylic acid groups (broad SMARTS) is 1. The highest BCUT2D eigenvalue weighted by Gasteiger charge is 2.25. The van der Waals surface area contributed by atoms with E-state index >= 15 is 0 Å². The van der Waals surface area contributed by atoms with Crippen LogP contribution in [0.25, 0.3) is 11.1 Å². The third-order valence-corrected chi connectivity index (χ3v) is 7.26. The minimum absolute atomic E-state index is 0.0493. The summed E-state index contributed by atoms with van der Waals surface area (Å²) in [7, 11) is -0.143. The average Bonchev–Trinajstić information content (AvgIpc) is 3.14. The molecule has 0 unspecified atom stereocenters. The summed E-state index contributed by atoms with van der Waals surface area (Å²) in [5.41, 5.74) is 3.23. The highest BCUT2D eigenvalue weighted by Crippen LogP contribution is 2.35. The maximum Gasteiger partial charge on any atom is 0.348 e. The number of thiophene rings is 1. The van der Waals surface area contributed by atoms with Gasteiger partial charge in [-0.25, -0.2) is 13.2 Å². The van der Waals surface area contributed by atoms with Crippen molar-refractivity contribution in [3.05, 3.63) is 64.4 Å². The van der Waals surface area contributed by atoms with Gasteiger partial charge in [0.05, 0.1) is 10.6 Å². The molecule has 0 amide bonds. The van der Waals surface area contributed by atoms with E-state index in [1.54, 1.807) is 17.5 Å². The Morgan fingerprint density at radius 2 is 1.68 bits per heavy atom. The molecule has 0 aliphatic heterocycles. The predicted molar refractivity (Wildman–Crippen MR) is 127 cm³/mol. The Balaban J connectivity index is 2.14. The highest BCUT2D eigenvalue weighted by atomic mass is 32.2. The third kappa shape index (κ3) is 4.91. The first-order valence-electron chi connectivity index (χ1n) is 9.66. The lowest BCUT2D eigenvalue weighted by Gasteiger charge is -2.22. The van der Waals surface area contributed by atoms with Crippen LogP contribution in [0.5, 0.6) is 0 Å². The molecule has 1 aromatic heterocycles. The van der Waals surface area contributed by atoms with E-state index in [1.165, 1.54) is 6.07 Å². The number of rotatable bonds is 6. The van der Waals surface area contributed by atoms with Gasteiger partial charge in [0.15, 0.2) is 0 Å². The van der Waals surface area contributed by atoms with Gasteiger partial charge in [-0.3, -0.25) is 4.72 Å². The van der Waals surface area contributed by atoms with Crippen LogP contribution < -0.4 is 9.62 Å². The Labute approximate surface area is 187 Å². The lowest BCUT2D eigenvalue weighted by atomic mass is 9.85. The molecule has 2 N–H and O–H groups in total. The number of nitrogens with zero attached hydrogens (tertiary/aromatic N) is 1. The van der Waals surface area contributed by atoms with Crippen molar-refractivity contribution in [3.63, 3.8) is 0 Å². The van der Waals surface area contributed by atoms with Crippen molar-refractivity contribution in [2.24, 2.45) is 0 Å². The van der Waals surface area contributed by atoms with Gasteiger partial charge in [0.25, 0.3) is 10.0 Å². The molecule has 8 heteroatoms. The van der Waals surface area contributed by atoms with Crippen LogP contribution in [-0.2, 0) is 15.4 Å². The Hall–Kier alpha value is -2.84. The van der Waals surface area contributed by atoms with Crippen molar-refractivity contribution >= 4 is 38.7 Å². The van der Waals surface area contributed by atoms with Crippen LogP contribution in [0.4, 0.5) is 11.4 Å². The van der Waals surface area contributed by atoms with Gasteiger partial charge in [-0.15, -0.1) is 11.3 Å². The number of aromatic carboxylic acids is 1. The van der Waals surface area contributed by atoms with E-state index in [-0.39, 0.29) is 20.9 Å². The van der Waals surface area contributed by atoms with Gasteiger partial charge >= 0.3 is 5.97 Å². The summed E-state index contributed by atoms with van der Waals surface area (Å²) in [6, 6.07) is 14.4. The zero-order valence-corrected chi connectivity index (χ0v) is 19.8. The molecule has 0 fully saturated rings. The van der Waals surface area contributed by atoms with Gasteiger partial charge < -0.3 is 10.0 Å².